The van der Waals surface area contributed by atoms with Crippen LogP contribution in [0.3, 0.4) is 0 Å². The summed E-state index contributed by atoms with van der Waals surface area (Å²) < 4.78 is 0. The molecule has 0 amide bonds. The van der Waals surface area contributed by atoms with Crippen LogP contribution in [0, 0.1) is 0 Å². The summed E-state index contributed by atoms with van der Waals surface area (Å²) in [4.78, 5) is 0. The van der Waals surface area contributed by atoms with Crippen molar-refractivity contribution in [3.63, 3.8) is 0 Å². The Morgan fingerprint density at radius 2 is 1.70 bits per heavy atom. The van der Waals surface area contributed by atoms with E-state index < -0.39 is 0 Å². The van der Waals surface area contributed by atoms with E-state index in [0.717, 1.165) is 25.7 Å². The Bertz CT molecular complexity index is 65.7. The van der Waals surface area contributed by atoms with Crippen molar-refractivity contribution < 1.29 is 5.11 Å². The van der Waals surface area contributed by atoms with E-state index in [4.69, 9.17) is 5.73 Å². The van der Waals surface area contributed by atoms with E-state index in [9.17, 15) is 5.11 Å². The van der Waals surface area contributed by atoms with Gasteiger partial charge in [0.15, 0.2) is 0 Å². The van der Waals surface area contributed by atoms with Gasteiger partial charge in [0.2, 0.25) is 0 Å². The maximum absolute atomic E-state index is 9.32. The van der Waals surface area contributed by atoms with Crippen molar-refractivity contribution in [2.24, 2.45) is 5.73 Å². The molecule has 10 heavy (non-hydrogen) atoms. The smallest absolute Gasteiger partial charge is 0.0691 e. The molecule has 0 saturated heterocycles. The highest BCUT2D eigenvalue weighted by Gasteiger charge is 2.11. The first kappa shape index (κ1) is 9.92. The summed E-state index contributed by atoms with van der Waals surface area (Å²) in [5, 5.41) is 9.32. The number of rotatable bonds is 5. The van der Waals surface area contributed by atoms with Gasteiger partial charge in [0.05, 0.1) is 6.10 Å². The Kier molecular flexibility index (Phi) is 5.64. The lowest BCUT2D eigenvalue weighted by atomic mass is 10.0. The standard InChI is InChI=1S/C8H19NO/c1-3-5-7(9)8(10)6-4-2/h7-8,10H,3-6,9H2,1-2H3. The van der Waals surface area contributed by atoms with Crippen molar-refractivity contribution in [3.8, 4) is 0 Å². The van der Waals surface area contributed by atoms with Gasteiger partial charge >= 0.3 is 0 Å². The average Bonchev–Trinajstić information content (AvgIpc) is 1.89. The summed E-state index contributed by atoms with van der Waals surface area (Å²) in [5.41, 5.74) is 5.66. The second-order valence-electron chi connectivity index (χ2n) is 2.81. The molecule has 0 aliphatic heterocycles. The molecule has 2 unspecified atom stereocenters. The fraction of sp³-hybridized carbons (Fsp3) is 1.00. The van der Waals surface area contributed by atoms with E-state index in [1.54, 1.807) is 0 Å². The Balaban J connectivity index is 3.38. The van der Waals surface area contributed by atoms with Crippen LogP contribution in [0.25, 0.3) is 0 Å². The molecule has 0 aromatic heterocycles. The van der Waals surface area contributed by atoms with Crippen molar-refractivity contribution in [1.29, 1.82) is 0 Å². The largest absolute Gasteiger partial charge is 0.392 e. The molecule has 0 spiro atoms. The molecule has 0 rings (SSSR count). The maximum atomic E-state index is 9.32. The predicted molar refractivity (Wildman–Crippen MR) is 43.8 cm³/mol. The van der Waals surface area contributed by atoms with Gasteiger partial charge < -0.3 is 10.8 Å². The van der Waals surface area contributed by atoms with Crippen LogP contribution in [0.5, 0.6) is 0 Å². The quantitative estimate of drug-likeness (QED) is 0.612. The third-order valence-corrected chi connectivity index (χ3v) is 1.70. The van der Waals surface area contributed by atoms with Crippen LogP contribution in [0.15, 0.2) is 0 Å². The number of aliphatic hydroxyl groups is 1. The second kappa shape index (κ2) is 5.69. The summed E-state index contributed by atoms with van der Waals surface area (Å²) >= 11 is 0. The van der Waals surface area contributed by atoms with Gasteiger partial charge in [-0.25, -0.2) is 0 Å². The van der Waals surface area contributed by atoms with Crippen molar-refractivity contribution in [2.75, 3.05) is 0 Å². The van der Waals surface area contributed by atoms with Crippen LogP contribution in [-0.4, -0.2) is 17.3 Å². The van der Waals surface area contributed by atoms with E-state index in [1.807, 2.05) is 0 Å². The second-order valence-corrected chi connectivity index (χ2v) is 2.81. The minimum absolute atomic E-state index is 0.00931. The molecule has 2 heteroatoms. The molecular weight excluding hydrogens is 126 g/mol. The molecular formula is C8H19NO. The van der Waals surface area contributed by atoms with Gasteiger partial charge in [0.1, 0.15) is 0 Å². The number of hydrogen-bond donors (Lipinski definition) is 2. The first-order valence-electron chi connectivity index (χ1n) is 4.16. The fourth-order valence-corrected chi connectivity index (χ4v) is 1.04. The topological polar surface area (TPSA) is 46.2 Å². The van der Waals surface area contributed by atoms with Crippen LogP contribution in [0.2, 0.25) is 0 Å². The molecule has 0 aliphatic carbocycles. The summed E-state index contributed by atoms with van der Waals surface area (Å²) in [6.07, 6.45) is 3.55. The molecule has 0 bridgehead atoms. The van der Waals surface area contributed by atoms with Gasteiger partial charge in [-0.05, 0) is 12.8 Å². The zero-order valence-electron chi connectivity index (χ0n) is 7.01. The zero-order valence-corrected chi connectivity index (χ0v) is 7.01. The van der Waals surface area contributed by atoms with Crippen molar-refractivity contribution in [3.05, 3.63) is 0 Å². The predicted octanol–water partition coefficient (Wildman–Crippen LogP) is 1.27. The minimum atomic E-state index is -0.287. The molecule has 2 atom stereocenters. The van der Waals surface area contributed by atoms with Crippen LogP contribution >= 0.6 is 0 Å². The number of nitrogens with two attached hydrogens (primary N) is 1. The molecule has 0 heterocycles. The molecule has 2 nitrogen and oxygen atoms in total. The van der Waals surface area contributed by atoms with E-state index in [-0.39, 0.29) is 12.1 Å². The third kappa shape index (κ3) is 3.85. The molecule has 0 saturated carbocycles. The van der Waals surface area contributed by atoms with Gasteiger partial charge in [-0.2, -0.15) is 0 Å². The third-order valence-electron chi connectivity index (χ3n) is 1.70. The zero-order chi connectivity index (χ0) is 7.98. The van der Waals surface area contributed by atoms with Gasteiger partial charge in [0, 0.05) is 6.04 Å². The van der Waals surface area contributed by atoms with E-state index in [1.165, 1.54) is 0 Å². The van der Waals surface area contributed by atoms with Crippen LogP contribution < -0.4 is 5.73 Å². The Labute approximate surface area is 63.4 Å². The normalized spacial score (nSPS) is 16.8. The lowest BCUT2D eigenvalue weighted by Crippen LogP contribution is -2.34. The van der Waals surface area contributed by atoms with Crippen LogP contribution in [0.1, 0.15) is 39.5 Å². The van der Waals surface area contributed by atoms with Crippen molar-refractivity contribution in [2.45, 2.75) is 51.7 Å². The Morgan fingerprint density at radius 1 is 1.20 bits per heavy atom. The molecule has 62 valence electrons. The van der Waals surface area contributed by atoms with Crippen molar-refractivity contribution >= 4 is 0 Å². The fourth-order valence-electron chi connectivity index (χ4n) is 1.04. The Hall–Kier alpha value is -0.0800. The highest BCUT2D eigenvalue weighted by Crippen LogP contribution is 2.04. The molecule has 0 aromatic rings. The lowest BCUT2D eigenvalue weighted by molar-refractivity contribution is 0.130. The van der Waals surface area contributed by atoms with Gasteiger partial charge in [-0.3, -0.25) is 0 Å². The highest BCUT2D eigenvalue weighted by molar-refractivity contribution is 4.69. The molecule has 0 fully saturated rings. The van der Waals surface area contributed by atoms with Gasteiger partial charge in [-0.15, -0.1) is 0 Å². The number of aliphatic hydroxyl groups excluding tert-OH is 1. The maximum Gasteiger partial charge on any atom is 0.0691 e. The molecule has 0 aliphatic rings. The van der Waals surface area contributed by atoms with Crippen molar-refractivity contribution in [1.82, 2.24) is 0 Å². The average molecular weight is 145 g/mol. The SMILES string of the molecule is CCCC(N)C(O)CCC. The van der Waals surface area contributed by atoms with E-state index >= 15 is 0 Å². The molecule has 0 radical (unpaired) electrons. The number of hydrogen-bond acceptors (Lipinski definition) is 2. The van der Waals surface area contributed by atoms with E-state index in [2.05, 4.69) is 13.8 Å². The summed E-state index contributed by atoms with van der Waals surface area (Å²) in [6.45, 7) is 4.14. The summed E-state index contributed by atoms with van der Waals surface area (Å²) in [6, 6.07) is -0.00931. The van der Waals surface area contributed by atoms with Gasteiger partial charge in [-0.1, -0.05) is 26.7 Å². The molecule has 3 N–H and O–H groups in total. The highest BCUT2D eigenvalue weighted by atomic mass is 16.3. The molecule has 0 aromatic carbocycles. The summed E-state index contributed by atoms with van der Waals surface area (Å²) in [7, 11) is 0. The summed E-state index contributed by atoms with van der Waals surface area (Å²) in [5.74, 6) is 0. The minimum Gasteiger partial charge on any atom is -0.392 e. The first-order valence-corrected chi connectivity index (χ1v) is 4.16. The monoisotopic (exact) mass is 145 g/mol. The first-order chi connectivity index (χ1) is 4.72. The lowest BCUT2D eigenvalue weighted by Gasteiger charge is -2.16. The van der Waals surface area contributed by atoms with Gasteiger partial charge in [0.25, 0.3) is 0 Å². The van der Waals surface area contributed by atoms with Crippen LogP contribution in [-0.2, 0) is 0 Å². The van der Waals surface area contributed by atoms with Crippen LogP contribution in [0.4, 0.5) is 0 Å². The van der Waals surface area contributed by atoms with E-state index in [0.29, 0.717) is 0 Å². The Morgan fingerprint density at radius 3 is 2.10 bits per heavy atom.